The van der Waals surface area contributed by atoms with Gasteiger partial charge >= 0.3 is 0 Å². The molecule has 15 heavy (non-hydrogen) atoms. The topological polar surface area (TPSA) is 59.1 Å². The van der Waals surface area contributed by atoms with E-state index < -0.39 is 10.0 Å². The quantitative estimate of drug-likeness (QED) is 0.848. The summed E-state index contributed by atoms with van der Waals surface area (Å²) in [5.41, 5.74) is 0.443. The molecule has 1 rings (SSSR count). The van der Waals surface area contributed by atoms with E-state index in [-0.39, 0.29) is 5.75 Å². The van der Waals surface area contributed by atoms with Crippen molar-refractivity contribution in [3.8, 4) is 0 Å². The van der Waals surface area contributed by atoms with Crippen molar-refractivity contribution < 1.29 is 8.42 Å². The number of hydrogen-bond acceptors (Lipinski definition) is 3. The van der Waals surface area contributed by atoms with E-state index in [0.29, 0.717) is 18.0 Å². The normalized spacial score (nSPS) is 11.3. The van der Waals surface area contributed by atoms with Crippen LogP contribution >= 0.6 is 27.5 Å². The van der Waals surface area contributed by atoms with Crippen LogP contribution in [-0.4, -0.2) is 25.0 Å². The van der Waals surface area contributed by atoms with Gasteiger partial charge in [0.05, 0.1) is 17.6 Å². The molecule has 0 radical (unpaired) electrons. The van der Waals surface area contributed by atoms with Crippen LogP contribution in [0.15, 0.2) is 22.9 Å². The van der Waals surface area contributed by atoms with Crippen molar-refractivity contribution in [3.05, 3.63) is 22.9 Å². The Morgan fingerprint density at radius 1 is 1.47 bits per heavy atom. The summed E-state index contributed by atoms with van der Waals surface area (Å²) in [7, 11) is -3.31. The summed E-state index contributed by atoms with van der Waals surface area (Å²) in [5, 5.41) is 0. The maximum atomic E-state index is 11.5. The van der Waals surface area contributed by atoms with Gasteiger partial charge in [-0.15, -0.1) is 11.6 Å². The molecule has 7 heteroatoms. The van der Waals surface area contributed by atoms with Gasteiger partial charge in [0.2, 0.25) is 10.0 Å². The molecule has 0 amide bonds. The van der Waals surface area contributed by atoms with Gasteiger partial charge in [0, 0.05) is 16.5 Å². The van der Waals surface area contributed by atoms with Crippen LogP contribution in [0.2, 0.25) is 0 Å². The van der Waals surface area contributed by atoms with E-state index in [4.69, 9.17) is 11.6 Å². The molecule has 0 aliphatic carbocycles. The van der Waals surface area contributed by atoms with E-state index in [1.54, 1.807) is 12.3 Å². The average Bonchev–Trinajstić information content (AvgIpc) is 2.14. The molecule has 1 aromatic heterocycles. The van der Waals surface area contributed by atoms with Crippen molar-refractivity contribution in [1.29, 1.82) is 0 Å². The average molecular weight is 314 g/mol. The molecule has 0 spiro atoms. The first kappa shape index (κ1) is 12.7. The van der Waals surface area contributed by atoms with Gasteiger partial charge in [0.15, 0.2) is 0 Å². The summed E-state index contributed by atoms with van der Waals surface area (Å²) in [6, 6.07) is 1.64. The minimum absolute atomic E-state index is 0.0169. The van der Waals surface area contributed by atoms with Gasteiger partial charge in [-0.2, -0.15) is 0 Å². The Labute approximate surface area is 102 Å². The molecule has 1 heterocycles. The zero-order chi connectivity index (χ0) is 11.3. The molecule has 0 unspecified atom stereocenters. The summed E-state index contributed by atoms with van der Waals surface area (Å²) in [6.45, 7) is 0. The lowest BCUT2D eigenvalue weighted by Gasteiger charge is -2.06. The van der Waals surface area contributed by atoms with Crippen molar-refractivity contribution >= 4 is 43.2 Å². The highest BCUT2D eigenvalue weighted by Gasteiger charge is 2.09. The predicted octanol–water partition coefficient (Wildman–Crippen LogP) is 2.21. The fourth-order valence-electron chi connectivity index (χ4n) is 0.943. The first-order valence-electron chi connectivity index (χ1n) is 4.20. The lowest BCUT2D eigenvalue weighted by molar-refractivity contribution is 0.600. The Kier molecular flexibility index (Phi) is 4.82. The van der Waals surface area contributed by atoms with Crippen LogP contribution in [0.25, 0.3) is 0 Å². The van der Waals surface area contributed by atoms with Gasteiger partial charge in [-0.05, 0) is 28.4 Å². The highest BCUT2D eigenvalue weighted by molar-refractivity contribution is 9.10. The van der Waals surface area contributed by atoms with Crippen molar-refractivity contribution in [2.75, 3.05) is 16.4 Å². The number of alkyl halides is 1. The van der Waals surface area contributed by atoms with Crippen molar-refractivity contribution in [2.24, 2.45) is 0 Å². The summed E-state index contributed by atoms with van der Waals surface area (Å²) >= 11 is 8.63. The number of anilines is 1. The van der Waals surface area contributed by atoms with Gasteiger partial charge in [-0.1, -0.05) is 0 Å². The third-order valence-electron chi connectivity index (χ3n) is 1.52. The third kappa shape index (κ3) is 4.81. The standard InChI is InChI=1S/C8H10BrClN2O2S/c9-7-4-8(6-11-5-7)12-15(13,14)3-1-2-10/h4-6,12H,1-3H2. The first-order valence-corrected chi connectivity index (χ1v) is 7.18. The number of aromatic nitrogens is 1. The summed E-state index contributed by atoms with van der Waals surface area (Å²) in [5.74, 6) is 0.348. The van der Waals surface area contributed by atoms with E-state index in [9.17, 15) is 8.42 Å². The second kappa shape index (κ2) is 5.67. The molecule has 0 aromatic carbocycles. The van der Waals surface area contributed by atoms with E-state index in [1.165, 1.54) is 6.20 Å². The van der Waals surface area contributed by atoms with Crippen LogP contribution in [0.3, 0.4) is 0 Å². The Bertz CT molecular complexity index is 424. The van der Waals surface area contributed by atoms with Crippen LogP contribution in [0, 0.1) is 0 Å². The van der Waals surface area contributed by atoms with Gasteiger partial charge in [0.25, 0.3) is 0 Å². The Balaban J connectivity index is 2.69. The van der Waals surface area contributed by atoms with E-state index >= 15 is 0 Å². The molecule has 84 valence electrons. The number of halogens is 2. The molecule has 0 fully saturated rings. The first-order chi connectivity index (χ1) is 7.03. The van der Waals surface area contributed by atoms with Gasteiger partial charge in [-0.25, -0.2) is 8.42 Å². The van der Waals surface area contributed by atoms with Crippen molar-refractivity contribution in [3.63, 3.8) is 0 Å². The largest absolute Gasteiger partial charge is 0.282 e. The predicted molar refractivity (Wildman–Crippen MR) is 64.7 cm³/mol. The van der Waals surface area contributed by atoms with Crippen molar-refractivity contribution in [2.45, 2.75) is 6.42 Å². The minimum atomic E-state index is -3.31. The lowest BCUT2D eigenvalue weighted by atomic mass is 10.4. The van der Waals surface area contributed by atoms with E-state index in [2.05, 4.69) is 25.6 Å². The zero-order valence-corrected chi connectivity index (χ0v) is 10.9. The van der Waals surface area contributed by atoms with Crippen LogP contribution in [0.1, 0.15) is 6.42 Å². The van der Waals surface area contributed by atoms with Crippen LogP contribution < -0.4 is 4.72 Å². The molecule has 0 bridgehead atoms. The van der Waals surface area contributed by atoms with E-state index in [1.807, 2.05) is 0 Å². The zero-order valence-electron chi connectivity index (χ0n) is 7.78. The molecule has 0 saturated carbocycles. The van der Waals surface area contributed by atoms with Gasteiger partial charge in [-0.3, -0.25) is 9.71 Å². The molecule has 1 N–H and O–H groups in total. The second-order valence-electron chi connectivity index (χ2n) is 2.86. The maximum Gasteiger partial charge on any atom is 0.232 e. The lowest BCUT2D eigenvalue weighted by Crippen LogP contribution is -2.17. The highest BCUT2D eigenvalue weighted by Crippen LogP contribution is 2.15. The number of pyridine rings is 1. The molecule has 4 nitrogen and oxygen atoms in total. The van der Waals surface area contributed by atoms with Gasteiger partial charge in [0.1, 0.15) is 0 Å². The van der Waals surface area contributed by atoms with Crippen LogP contribution in [0.5, 0.6) is 0 Å². The second-order valence-corrected chi connectivity index (χ2v) is 5.99. The summed E-state index contributed by atoms with van der Waals surface area (Å²) < 4.78 is 26.1. The molecular weight excluding hydrogens is 304 g/mol. The summed E-state index contributed by atoms with van der Waals surface area (Å²) in [6.07, 6.45) is 3.46. The molecular formula is C8H10BrClN2O2S. The molecule has 0 atom stereocenters. The smallest absolute Gasteiger partial charge is 0.232 e. The van der Waals surface area contributed by atoms with Crippen LogP contribution in [0.4, 0.5) is 5.69 Å². The third-order valence-corrected chi connectivity index (χ3v) is 3.60. The Morgan fingerprint density at radius 2 is 2.20 bits per heavy atom. The fraction of sp³-hybridized carbons (Fsp3) is 0.375. The molecule has 1 aromatic rings. The van der Waals surface area contributed by atoms with Crippen LogP contribution in [-0.2, 0) is 10.0 Å². The number of sulfonamides is 1. The maximum absolute atomic E-state index is 11.5. The fourth-order valence-corrected chi connectivity index (χ4v) is 2.70. The number of nitrogens with one attached hydrogen (secondary N) is 1. The highest BCUT2D eigenvalue weighted by atomic mass is 79.9. The van der Waals surface area contributed by atoms with Gasteiger partial charge < -0.3 is 0 Å². The Hall–Kier alpha value is -0.330. The SMILES string of the molecule is O=S(=O)(CCCCl)Nc1cncc(Br)c1. The molecule has 0 aliphatic heterocycles. The minimum Gasteiger partial charge on any atom is -0.282 e. The molecule has 0 aliphatic rings. The number of hydrogen-bond donors (Lipinski definition) is 1. The summed E-state index contributed by atoms with van der Waals surface area (Å²) in [4.78, 5) is 3.85. The Morgan fingerprint density at radius 3 is 2.80 bits per heavy atom. The molecule has 0 saturated heterocycles. The van der Waals surface area contributed by atoms with E-state index in [0.717, 1.165) is 4.47 Å². The monoisotopic (exact) mass is 312 g/mol. The van der Waals surface area contributed by atoms with Crippen molar-refractivity contribution in [1.82, 2.24) is 4.98 Å². The number of nitrogens with zero attached hydrogens (tertiary/aromatic N) is 1. The number of rotatable bonds is 5.